The molecule has 13 heteroatoms. The maximum absolute atomic E-state index is 12.5. The van der Waals surface area contributed by atoms with E-state index in [4.69, 9.17) is 19.2 Å². The SMILES string of the molecule is CC(C)(C)OC(=O)c1cc(B2OC(C)(C)C(C)(C)O2)cc(S(C)(=O)=O)c1.CC(C)(C)c1c(C(=O)O)cccc1S(C)(=O)=O. The number of rotatable bonds is 5. The molecule has 0 aliphatic carbocycles. The number of ether oxygens (including phenoxy) is 1. The first-order valence-electron chi connectivity index (χ1n) is 13.6. The third-order valence-corrected chi connectivity index (χ3v) is 9.15. The highest BCUT2D eigenvalue weighted by atomic mass is 32.2. The van der Waals surface area contributed by atoms with E-state index in [1.807, 2.05) is 27.7 Å². The maximum Gasteiger partial charge on any atom is 0.494 e. The van der Waals surface area contributed by atoms with Crippen LogP contribution in [-0.4, -0.2) is 70.3 Å². The van der Waals surface area contributed by atoms with E-state index in [0.29, 0.717) is 11.0 Å². The summed E-state index contributed by atoms with van der Waals surface area (Å²) in [4.78, 5) is 23.7. The Morgan fingerprint density at radius 1 is 0.837 bits per heavy atom. The van der Waals surface area contributed by atoms with Crippen molar-refractivity contribution in [3.8, 4) is 0 Å². The first-order valence-corrected chi connectivity index (χ1v) is 17.4. The highest BCUT2D eigenvalue weighted by Gasteiger charge is 2.52. The Morgan fingerprint density at radius 3 is 1.74 bits per heavy atom. The highest BCUT2D eigenvalue weighted by Crippen LogP contribution is 2.37. The second-order valence-electron chi connectivity index (χ2n) is 13.7. The molecule has 0 aromatic heterocycles. The number of hydrogen-bond donors (Lipinski definition) is 1. The molecule has 0 radical (unpaired) electrons. The smallest absolute Gasteiger partial charge is 0.478 e. The molecule has 43 heavy (non-hydrogen) atoms. The molecule has 1 aliphatic heterocycles. The zero-order valence-electron chi connectivity index (χ0n) is 27.0. The Labute approximate surface area is 256 Å². The number of carboxylic acids is 1. The minimum atomic E-state index is -3.53. The predicted octanol–water partition coefficient (Wildman–Crippen LogP) is 4.43. The van der Waals surface area contributed by atoms with Crippen LogP contribution < -0.4 is 5.46 Å². The second-order valence-corrected chi connectivity index (χ2v) is 17.7. The van der Waals surface area contributed by atoms with Crippen LogP contribution in [0.2, 0.25) is 0 Å². The van der Waals surface area contributed by atoms with Gasteiger partial charge in [0.1, 0.15) is 5.60 Å². The van der Waals surface area contributed by atoms with Crippen LogP contribution in [0.5, 0.6) is 0 Å². The van der Waals surface area contributed by atoms with Crippen molar-refractivity contribution in [2.45, 2.75) is 101 Å². The Kier molecular flexibility index (Phi) is 10.2. The van der Waals surface area contributed by atoms with Crippen LogP contribution >= 0.6 is 0 Å². The molecule has 2 aromatic rings. The molecule has 0 spiro atoms. The molecule has 0 atom stereocenters. The highest BCUT2D eigenvalue weighted by molar-refractivity contribution is 7.91. The van der Waals surface area contributed by atoms with E-state index >= 15 is 0 Å². The van der Waals surface area contributed by atoms with E-state index in [9.17, 15) is 26.4 Å². The van der Waals surface area contributed by atoms with Gasteiger partial charge in [-0.1, -0.05) is 26.8 Å². The van der Waals surface area contributed by atoms with Gasteiger partial charge >= 0.3 is 19.1 Å². The predicted molar refractivity (Wildman–Crippen MR) is 166 cm³/mol. The van der Waals surface area contributed by atoms with Gasteiger partial charge in [-0.3, -0.25) is 0 Å². The van der Waals surface area contributed by atoms with Gasteiger partial charge in [0.05, 0.1) is 32.1 Å². The molecule has 2 aromatic carbocycles. The van der Waals surface area contributed by atoms with Gasteiger partial charge in [0.15, 0.2) is 19.7 Å². The number of aromatic carboxylic acids is 1. The van der Waals surface area contributed by atoms with E-state index < -0.39 is 60.9 Å². The average Bonchev–Trinajstić information content (AvgIpc) is 3.02. The van der Waals surface area contributed by atoms with Crippen LogP contribution in [0.1, 0.15) is 95.5 Å². The summed E-state index contributed by atoms with van der Waals surface area (Å²) in [5.41, 5.74) is -1.39. The number of esters is 1. The topological polar surface area (TPSA) is 150 Å². The van der Waals surface area contributed by atoms with Crippen LogP contribution in [0.4, 0.5) is 0 Å². The average molecular weight is 639 g/mol. The minimum Gasteiger partial charge on any atom is -0.478 e. The van der Waals surface area contributed by atoms with Crippen molar-refractivity contribution in [1.82, 2.24) is 0 Å². The molecule has 0 bridgehead atoms. The monoisotopic (exact) mass is 638 g/mol. The number of carbonyl (C=O) groups excluding carboxylic acids is 1. The lowest BCUT2D eigenvalue weighted by Gasteiger charge is -2.32. The summed E-state index contributed by atoms with van der Waals surface area (Å²) >= 11 is 0. The molecule has 1 N–H and O–H groups in total. The van der Waals surface area contributed by atoms with E-state index in [1.54, 1.807) is 47.6 Å². The molecule has 0 saturated carbocycles. The van der Waals surface area contributed by atoms with Gasteiger partial charge in [-0.2, -0.15) is 0 Å². The van der Waals surface area contributed by atoms with Gasteiger partial charge in [0.25, 0.3) is 0 Å². The van der Waals surface area contributed by atoms with Gasteiger partial charge in [0.2, 0.25) is 0 Å². The van der Waals surface area contributed by atoms with Crippen molar-refractivity contribution < 1.29 is 45.6 Å². The lowest BCUT2D eigenvalue weighted by molar-refractivity contribution is 0.00578. The molecule has 3 rings (SSSR count). The summed E-state index contributed by atoms with van der Waals surface area (Å²) in [6, 6.07) is 8.68. The maximum atomic E-state index is 12.5. The van der Waals surface area contributed by atoms with Crippen LogP contribution in [0.25, 0.3) is 0 Å². The molecular weight excluding hydrogens is 595 g/mol. The fourth-order valence-electron chi connectivity index (χ4n) is 4.20. The molecule has 1 heterocycles. The summed E-state index contributed by atoms with van der Waals surface area (Å²) in [6.45, 7) is 18.3. The van der Waals surface area contributed by atoms with E-state index in [0.717, 1.165) is 12.5 Å². The van der Waals surface area contributed by atoms with Crippen molar-refractivity contribution in [2.24, 2.45) is 0 Å². The van der Waals surface area contributed by atoms with Crippen molar-refractivity contribution in [3.63, 3.8) is 0 Å². The Balaban J connectivity index is 0.000000329. The van der Waals surface area contributed by atoms with E-state index in [-0.39, 0.29) is 20.9 Å². The first kappa shape index (κ1) is 36.5. The Bertz CT molecular complexity index is 1590. The fourth-order valence-corrected chi connectivity index (χ4v) is 6.00. The molecule has 0 unspecified atom stereocenters. The van der Waals surface area contributed by atoms with Crippen LogP contribution in [-0.2, 0) is 39.1 Å². The Hall–Kier alpha value is -2.74. The lowest BCUT2D eigenvalue weighted by atomic mass is 9.78. The van der Waals surface area contributed by atoms with Crippen LogP contribution in [0.15, 0.2) is 46.2 Å². The molecule has 238 valence electrons. The number of benzene rings is 2. The molecule has 1 saturated heterocycles. The molecule has 10 nitrogen and oxygen atoms in total. The molecular formula is C30H43BO10S2. The summed E-state index contributed by atoms with van der Waals surface area (Å²) in [5.74, 6) is -1.71. The standard InChI is InChI=1S/C18H27BO6S.C12H16O4S/c1-16(2,3)23-15(20)12-9-13(11-14(10-12)26(8,21)22)19-24-17(4,5)18(6,7)25-19;1-12(2,3)10-8(11(13)14)6-5-7-9(10)17(4,15)16/h9-11H,1-8H3;5-7H,1-4H3,(H,13,14). The number of sulfone groups is 2. The number of carboxylic acid groups (broad SMARTS) is 1. The van der Waals surface area contributed by atoms with Gasteiger partial charge in [-0.15, -0.1) is 0 Å². The van der Waals surface area contributed by atoms with E-state index in [1.165, 1.54) is 30.3 Å². The summed E-state index contributed by atoms with van der Waals surface area (Å²) in [5, 5.41) is 9.12. The summed E-state index contributed by atoms with van der Waals surface area (Å²) in [6.07, 6.45) is 2.18. The third kappa shape index (κ3) is 9.13. The quantitative estimate of drug-likeness (QED) is 0.368. The number of hydrogen-bond acceptors (Lipinski definition) is 9. The zero-order chi connectivity index (χ0) is 33.6. The van der Waals surface area contributed by atoms with Crippen LogP contribution in [0.3, 0.4) is 0 Å². The summed E-state index contributed by atoms with van der Waals surface area (Å²) in [7, 11) is -7.74. The van der Waals surface area contributed by atoms with Gasteiger partial charge in [-0.05, 0) is 95.2 Å². The fraction of sp³-hybridized carbons (Fsp3) is 0.533. The molecule has 0 amide bonds. The van der Waals surface area contributed by atoms with E-state index in [2.05, 4.69) is 0 Å². The van der Waals surface area contributed by atoms with Gasteiger partial charge in [0, 0.05) is 12.5 Å². The first-order chi connectivity index (χ1) is 19.1. The lowest BCUT2D eigenvalue weighted by Crippen LogP contribution is -2.41. The number of carbonyl (C=O) groups is 2. The minimum absolute atomic E-state index is 0.0190. The van der Waals surface area contributed by atoms with Crippen molar-refractivity contribution in [3.05, 3.63) is 53.1 Å². The van der Waals surface area contributed by atoms with Crippen molar-refractivity contribution >= 4 is 44.2 Å². The van der Waals surface area contributed by atoms with Crippen molar-refractivity contribution in [2.75, 3.05) is 12.5 Å². The van der Waals surface area contributed by atoms with Crippen LogP contribution in [0, 0.1) is 0 Å². The van der Waals surface area contributed by atoms with Gasteiger partial charge < -0.3 is 19.2 Å². The normalized spacial score (nSPS) is 16.7. The third-order valence-electron chi connectivity index (χ3n) is 6.92. The second kappa shape index (κ2) is 12.0. The zero-order valence-corrected chi connectivity index (χ0v) is 28.6. The van der Waals surface area contributed by atoms with Gasteiger partial charge in [-0.25, -0.2) is 26.4 Å². The Morgan fingerprint density at radius 2 is 1.35 bits per heavy atom. The molecule has 1 aliphatic rings. The summed E-state index contributed by atoms with van der Waals surface area (Å²) < 4.78 is 64.9. The largest absolute Gasteiger partial charge is 0.494 e. The molecule has 1 fully saturated rings. The van der Waals surface area contributed by atoms with Crippen molar-refractivity contribution in [1.29, 1.82) is 0 Å².